The Kier molecular flexibility index (Phi) is 4.45. The molecule has 2 heteroatoms. The number of hydrogen-bond donors (Lipinski definition) is 1. The molecule has 0 aromatic heterocycles. The maximum atomic E-state index is 5.62. The zero-order valence-corrected chi connectivity index (χ0v) is 10.0. The Balaban J connectivity index is 1.59. The molecule has 88 valence electrons. The van der Waals surface area contributed by atoms with Crippen molar-refractivity contribution in [3.05, 3.63) is 0 Å². The monoisotopic (exact) mass is 211 g/mol. The van der Waals surface area contributed by atoms with E-state index < -0.39 is 0 Å². The van der Waals surface area contributed by atoms with Crippen molar-refractivity contribution in [3.63, 3.8) is 0 Å². The van der Waals surface area contributed by atoms with Gasteiger partial charge in [0.25, 0.3) is 0 Å². The molecule has 0 aromatic rings. The van der Waals surface area contributed by atoms with Gasteiger partial charge in [-0.05, 0) is 44.4 Å². The minimum absolute atomic E-state index is 0.508. The molecule has 0 spiro atoms. The second kappa shape index (κ2) is 5.86. The molecular formula is C13H25NO. The molecule has 1 N–H and O–H groups in total. The Labute approximate surface area is 93.8 Å². The van der Waals surface area contributed by atoms with Gasteiger partial charge in [0.05, 0.1) is 6.10 Å². The maximum absolute atomic E-state index is 5.62. The van der Waals surface area contributed by atoms with Crippen molar-refractivity contribution in [2.45, 2.75) is 64.0 Å². The van der Waals surface area contributed by atoms with E-state index in [0.717, 1.165) is 25.1 Å². The van der Waals surface area contributed by atoms with Crippen molar-refractivity contribution in [1.29, 1.82) is 0 Å². The van der Waals surface area contributed by atoms with Crippen molar-refractivity contribution in [1.82, 2.24) is 5.32 Å². The lowest BCUT2D eigenvalue weighted by atomic mass is 9.84. The summed E-state index contributed by atoms with van der Waals surface area (Å²) in [6.07, 6.45) is 10.0. The van der Waals surface area contributed by atoms with E-state index in [4.69, 9.17) is 4.74 Å². The van der Waals surface area contributed by atoms with Gasteiger partial charge in [0.2, 0.25) is 0 Å². The van der Waals surface area contributed by atoms with Gasteiger partial charge in [-0.15, -0.1) is 0 Å². The minimum Gasteiger partial charge on any atom is -0.377 e. The first kappa shape index (κ1) is 11.4. The fourth-order valence-corrected chi connectivity index (χ4v) is 2.88. The van der Waals surface area contributed by atoms with Gasteiger partial charge >= 0.3 is 0 Å². The zero-order valence-electron chi connectivity index (χ0n) is 10.0. The van der Waals surface area contributed by atoms with Crippen LogP contribution in [0, 0.1) is 5.92 Å². The van der Waals surface area contributed by atoms with Gasteiger partial charge in [0, 0.05) is 19.2 Å². The van der Waals surface area contributed by atoms with Crippen LogP contribution in [-0.4, -0.2) is 25.3 Å². The lowest BCUT2D eigenvalue weighted by molar-refractivity contribution is 0.104. The van der Waals surface area contributed by atoms with Gasteiger partial charge in [-0.25, -0.2) is 0 Å². The molecule has 1 heterocycles. The smallest absolute Gasteiger partial charge is 0.0700 e. The summed E-state index contributed by atoms with van der Waals surface area (Å²) in [4.78, 5) is 0. The molecule has 2 rings (SSSR count). The van der Waals surface area contributed by atoms with E-state index in [2.05, 4.69) is 12.2 Å². The molecule has 1 saturated heterocycles. The van der Waals surface area contributed by atoms with Crippen LogP contribution in [0.3, 0.4) is 0 Å². The third-order valence-electron chi connectivity index (χ3n) is 4.08. The third-order valence-corrected chi connectivity index (χ3v) is 4.08. The van der Waals surface area contributed by atoms with Crippen LogP contribution in [0.15, 0.2) is 0 Å². The number of rotatable bonds is 4. The molecule has 1 atom stereocenters. The summed E-state index contributed by atoms with van der Waals surface area (Å²) in [5.74, 6) is 1.01. The van der Waals surface area contributed by atoms with Gasteiger partial charge < -0.3 is 10.1 Å². The summed E-state index contributed by atoms with van der Waals surface area (Å²) >= 11 is 0. The Morgan fingerprint density at radius 3 is 2.53 bits per heavy atom. The molecule has 0 radical (unpaired) electrons. The maximum Gasteiger partial charge on any atom is 0.0700 e. The van der Waals surface area contributed by atoms with Gasteiger partial charge in [0.1, 0.15) is 0 Å². The molecule has 2 fully saturated rings. The van der Waals surface area contributed by atoms with Gasteiger partial charge in [-0.2, -0.15) is 0 Å². The van der Waals surface area contributed by atoms with Crippen molar-refractivity contribution in [3.8, 4) is 0 Å². The van der Waals surface area contributed by atoms with Crippen LogP contribution in [0.4, 0.5) is 0 Å². The van der Waals surface area contributed by atoms with Crippen LogP contribution in [0.25, 0.3) is 0 Å². The lowest BCUT2D eigenvalue weighted by Crippen LogP contribution is -2.37. The summed E-state index contributed by atoms with van der Waals surface area (Å²) < 4.78 is 5.62. The lowest BCUT2D eigenvalue weighted by Gasteiger charge is -2.29. The van der Waals surface area contributed by atoms with Crippen LogP contribution < -0.4 is 5.32 Å². The molecular weight excluding hydrogens is 186 g/mol. The molecule has 0 unspecified atom stereocenters. The molecule has 2 aliphatic rings. The second-order valence-electron chi connectivity index (χ2n) is 5.17. The summed E-state index contributed by atoms with van der Waals surface area (Å²) in [7, 11) is 0. The van der Waals surface area contributed by atoms with Crippen molar-refractivity contribution in [2.75, 3.05) is 13.2 Å². The van der Waals surface area contributed by atoms with Gasteiger partial charge in [-0.3, -0.25) is 0 Å². The first-order chi connectivity index (χ1) is 7.38. The third kappa shape index (κ3) is 3.46. The minimum atomic E-state index is 0.508. The highest BCUT2D eigenvalue weighted by Crippen LogP contribution is 2.26. The van der Waals surface area contributed by atoms with E-state index in [9.17, 15) is 0 Å². The highest BCUT2D eigenvalue weighted by atomic mass is 16.5. The van der Waals surface area contributed by atoms with Crippen LogP contribution in [0.5, 0.6) is 0 Å². The van der Waals surface area contributed by atoms with E-state index in [1.54, 1.807) is 0 Å². The van der Waals surface area contributed by atoms with E-state index in [-0.39, 0.29) is 0 Å². The second-order valence-corrected chi connectivity index (χ2v) is 5.17. The van der Waals surface area contributed by atoms with Crippen molar-refractivity contribution in [2.24, 2.45) is 5.92 Å². The Bertz CT molecular complexity index is 169. The quantitative estimate of drug-likeness (QED) is 0.772. The van der Waals surface area contributed by atoms with Crippen molar-refractivity contribution < 1.29 is 4.74 Å². The summed E-state index contributed by atoms with van der Waals surface area (Å²) in [6.45, 7) is 4.39. The fourth-order valence-electron chi connectivity index (χ4n) is 2.88. The summed E-state index contributed by atoms with van der Waals surface area (Å²) in [6, 6.07) is 0.775. The number of ether oxygens (including phenoxy) is 1. The Hall–Kier alpha value is -0.0800. The first-order valence-corrected chi connectivity index (χ1v) is 6.73. The topological polar surface area (TPSA) is 21.3 Å². The summed E-state index contributed by atoms with van der Waals surface area (Å²) in [5.41, 5.74) is 0. The van der Waals surface area contributed by atoms with E-state index in [1.165, 1.54) is 44.9 Å². The standard InChI is InChI=1S/C13H25NO/c1-2-11-5-7-12(8-6-11)14-10-13-4-3-9-15-13/h11-14H,2-10H2,1H3/t11?,12?,13-/m0/s1. The molecule has 2 nitrogen and oxygen atoms in total. The summed E-state index contributed by atoms with van der Waals surface area (Å²) in [5, 5.41) is 3.68. The van der Waals surface area contributed by atoms with Crippen LogP contribution in [0.2, 0.25) is 0 Å². The highest BCUT2D eigenvalue weighted by Gasteiger charge is 2.21. The molecule has 1 aliphatic heterocycles. The molecule has 0 amide bonds. The largest absolute Gasteiger partial charge is 0.377 e. The van der Waals surface area contributed by atoms with E-state index in [0.29, 0.717) is 6.10 Å². The number of nitrogens with one attached hydrogen (secondary N) is 1. The predicted octanol–water partition coefficient (Wildman–Crippen LogP) is 2.72. The van der Waals surface area contributed by atoms with E-state index >= 15 is 0 Å². The fraction of sp³-hybridized carbons (Fsp3) is 1.00. The van der Waals surface area contributed by atoms with Crippen LogP contribution >= 0.6 is 0 Å². The SMILES string of the molecule is CCC1CCC(NC[C@@H]2CCCO2)CC1. The number of hydrogen-bond acceptors (Lipinski definition) is 2. The Morgan fingerprint density at radius 1 is 1.13 bits per heavy atom. The average molecular weight is 211 g/mol. The molecule has 1 aliphatic carbocycles. The van der Waals surface area contributed by atoms with Crippen LogP contribution in [-0.2, 0) is 4.74 Å². The molecule has 0 bridgehead atoms. The van der Waals surface area contributed by atoms with E-state index in [1.807, 2.05) is 0 Å². The van der Waals surface area contributed by atoms with Gasteiger partial charge in [0.15, 0.2) is 0 Å². The normalized spacial score (nSPS) is 37.0. The first-order valence-electron chi connectivity index (χ1n) is 6.73. The van der Waals surface area contributed by atoms with Crippen molar-refractivity contribution >= 4 is 0 Å². The highest BCUT2D eigenvalue weighted by molar-refractivity contribution is 4.78. The molecule has 1 saturated carbocycles. The average Bonchev–Trinajstić information content (AvgIpc) is 2.80. The zero-order chi connectivity index (χ0) is 10.5. The molecule has 0 aromatic carbocycles. The molecule has 15 heavy (non-hydrogen) atoms. The predicted molar refractivity (Wildman–Crippen MR) is 63.0 cm³/mol. The van der Waals surface area contributed by atoms with Gasteiger partial charge in [-0.1, -0.05) is 13.3 Å². The Morgan fingerprint density at radius 2 is 1.93 bits per heavy atom. The van der Waals surface area contributed by atoms with Crippen LogP contribution in [0.1, 0.15) is 51.9 Å².